The van der Waals surface area contributed by atoms with Crippen LogP contribution < -0.4 is 5.56 Å². The summed E-state index contributed by atoms with van der Waals surface area (Å²) in [6.07, 6.45) is 2.72. The summed E-state index contributed by atoms with van der Waals surface area (Å²) in [5.41, 5.74) is 0.360. The molecule has 18 heavy (non-hydrogen) atoms. The molecule has 2 heterocycles. The van der Waals surface area contributed by atoms with Gasteiger partial charge in [0.1, 0.15) is 0 Å². The van der Waals surface area contributed by atoms with E-state index in [0.29, 0.717) is 10.8 Å². The number of hydrogen-bond donors (Lipinski definition) is 0. The minimum Gasteiger partial charge on any atom is -0.337 e. The first-order valence-electron chi connectivity index (χ1n) is 6.19. The first kappa shape index (κ1) is 13.2. The van der Waals surface area contributed by atoms with Crippen LogP contribution >= 0.6 is 11.8 Å². The minimum atomic E-state index is -0.140. The Balaban J connectivity index is 2.15. The van der Waals surface area contributed by atoms with Crippen LogP contribution in [0.25, 0.3) is 0 Å². The molecule has 1 aliphatic rings. The fourth-order valence-corrected chi connectivity index (χ4v) is 3.20. The van der Waals surface area contributed by atoms with Gasteiger partial charge in [0.25, 0.3) is 11.5 Å². The summed E-state index contributed by atoms with van der Waals surface area (Å²) >= 11 is 1.93. The van der Waals surface area contributed by atoms with Gasteiger partial charge in [0.05, 0.1) is 0 Å². The van der Waals surface area contributed by atoms with E-state index in [9.17, 15) is 9.59 Å². The average Bonchev–Trinajstić information content (AvgIpc) is 2.41. The summed E-state index contributed by atoms with van der Waals surface area (Å²) in [6.45, 7) is 3.70. The molecule has 0 saturated carbocycles. The maximum atomic E-state index is 12.3. The summed E-state index contributed by atoms with van der Waals surface area (Å²) < 4.78 is 1.47. The highest BCUT2D eigenvalue weighted by molar-refractivity contribution is 8.00. The van der Waals surface area contributed by atoms with Crippen molar-refractivity contribution in [3.63, 3.8) is 0 Å². The normalized spacial score (nSPS) is 19.9. The first-order valence-corrected chi connectivity index (χ1v) is 7.24. The lowest BCUT2D eigenvalue weighted by Gasteiger charge is -2.32. The van der Waals surface area contributed by atoms with Gasteiger partial charge in [-0.25, -0.2) is 0 Å². The van der Waals surface area contributed by atoms with Gasteiger partial charge in [-0.05, 0) is 12.5 Å². The number of thioether (sulfide) groups is 1. The molecule has 0 aliphatic carbocycles. The van der Waals surface area contributed by atoms with Gasteiger partial charge in [0, 0.05) is 49.0 Å². The van der Waals surface area contributed by atoms with E-state index in [-0.39, 0.29) is 11.5 Å². The number of pyridine rings is 1. The Morgan fingerprint density at radius 1 is 1.56 bits per heavy atom. The number of amides is 1. The van der Waals surface area contributed by atoms with Gasteiger partial charge in [-0.2, -0.15) is 11.8 Å². The average molecular weight is 266 g/mol. The third-order valence-corrected chi connectivity index (χ3v) is 4.60. The SMILES string of the molecule is CCC1CN(C(=O)c2ccn(C)c(=O)c2)CCS1. The second kappa shape index (κ2) is 5.61. The number of rotatable bonds is 2. The van der Waals surface area contributed by atoms with Crippen molar-refractivity contribution >= 4 is 17.7 Å². The molecule has 0 radical (unpaired) electrons. The first-order chi connectivity index (χ1) is 8.61. The number of hydrogen-bond acceptors (Lipinski definition) is 3. The van der Waals surface area contributed by atoms with Gasteiger partial charge < -0.3 is 9.47 Å². The Kier molecular flexibility index (Phi) is 4.11. The molecule has 2 rings (SSSR count). The fourth-order valence-electron chi connectivity index (χ4n) is 2.01. The molecular weight excluding hydrogens is 248 g/mol. The van der Waals surface area contributed by atoms with E-state index < -0.39 is 0 Å². The van der Waals surface area contributed by atoms with Crippen LogP contribution in [0.1, 0.15) is 23.7 Å². The quantitative estimate of drug-likeness (QED) is 0.811. The monoisotopic (exact) mass is 266 g/mol. The van der Waals surface area contributed by atoms with Crippen molar-refractivity contribution in [2.75, 3.05) is 18.8 Å². The van der Waals surface area contributed by atoms with Gasteiger partial charge in [-0.1, -0.05) is 6.92 Å². The molecule has 1 amide bonds. The van der Waals surface area contributed by atoms with Crippen LogP contribution in [-0.2, 0) is 7.05 Å². The van der Waals surface area contributed by atoms with Crippen molar-refractivity contribution in [1.82, 2.24) is 9.47 Å². The van der Waals surface area contributed by atoms with E-state index in [4.69, 9.17) is 0 Å². The molecule has 1 unspecified atom stereocenters. The van der Waals surface area contributed by atoms with E-state index in [0.717, 1.165) is 25.3 Å². The van der Waals surface area contributed by atoms with E-state index in [1.165, 1.54) is 10.6 Å². The highest BCUT2D eigenvalue weighted by Gasteiger charge is 2.23. The fraction of sp³-hybridized carbons (Fsp3) is 0.538. The second-order valence-electron chi connectivity index (χ2n) is 4.52. The Morgan fingerprint density at radius 2 is 2.33 bits per heavy atom. The summed E-state index contributed by atoms with van der Waals surface area (Å²) in [5.74, 6) is 0.959. The smallest absolute Gasteiger partial charge is 0.254 e. The van der Waals surface area contributed by atoms with Gasteiger partial charge >= 0.3 is 0 Å². The molecule has 1 atom stereocenters. The predicted octanol–water partition coefficient (Wildman–Crippen LogP) is 1.35. The van der Waals surface area contributed by atoms with E-state index in [2.05, 4.69) is 6.92 Å². The zero-order valence-electron chi connectivity index (χ0n) is 10.8. The highest BCUT2D eigenvalue weighted by Crippen LogP contribution is 2.22. The van der Waals surface area contributed by atoms with E-state index >= 15 is 0 Å². The van der Waals surface area contributed by atoms with E-state index in [1.807, 2.05) is 16.7 Å². The van der Waals surface area contributed by atoms with Crippen LogP contribution in [0.5, 0.6) is 0 Å². The molecule has 1 aromatic heterocycles. The lowest BCUT2D eigenvalue weighted by atomic mass is 10.2. The van der Waals surface area contributed by atoms with Crippen LogP contribution in [0.4, 0.5) is 0 Å². The zero-order valence-corrected chi connectivity index (χ0v) is 11.6. The topological polar surface area (TPSA) is 42.3 Å². The molecule has 98 valence electrons. The Hall–Kier alpha value is -1.23. The van der Waals surface area contributed by atoms with Gasteiger partial charge in [0.15, 0.2) is 0 Å². The predicted molar refractivity (Wildman–Crippen MR) is 74.1 cm³/mol. The van der Waals surface area contributed by atoms with Crippen LogP contribution in [0.3, 0.4) is 0 Å². The Bertz CT molecular complexity index is 498. The molecule has 1 aliphatic heterocycles. The third-order valence-electron chi connectivity index (χ3n) is 3.23. The van der Waals surface area contributed by atoms with Crippen molar-refractivity contribution in [1.29, 1.82) is 0 Å². The molecule has 0 bridgehead atoms. The molecule has 1 aromatic rings. The van der Waals surface area contributed by atoms with Crippen molar-refractivity contribution in [3.05, 3.63) is 34.2 Å². The van der Waals surface area contributed by atoms with Crippen molar-refractivity contribution < 1.29 is 4.79 Å². The van der Waals surface area contributed by atoms with Crippen LogP contribution in [0, 0.1) is 0 Å². The number of aryl methyl sites for hydroxylation is 1. The molecule has 5 heteroatoms. The van der Waals surface area contributed by atoms with Crippen molar-refractivity contribution in [2.24, 2.45) is 7.05 Å². The lowest BCUT2D eigenvalue weighted by Crippen LogP contribution is -2.42. The van der Waals surface area contributed by atoms with Crippen LogP contribution in [-0.4, -0.2) is 39.5 Å². The lowest BCUT2D eigenvalue weighted by molar-refractivity contribution is 0.0760. The van der Waals surface area contributed by atoms with Gasteiger partial charge in [0.2, 0.25) is 0 Å². The Labute approximate surface area is 111 Å². The van der Waals surface area contributed by atoms with Crippen molar-refractivity contribution in [2.45, 2.75) is 18.6 Å². The van der Waals surface area contributed by atoms with Crippen molar-refractivity contribution in [3.8, 4) is 0 Å². The zero-order chi connectivity index (χ0) is 13.1. The second-order valence-corrected chi connectivity index (χ2v) is 5.93. The largest absolute Gasteiger partial charge is 0.337 e. The number of carbonyl (C=O) groups excluding carboxylic acids is 1. The number of nitrogens with zero attached hydrogens (tertiary/aromatic N) is 2. The van der Waals surface area contributed by atoms with Crippen LogP contribution in [0.2, 0.25) is 0 Å². The van der Waals surface area contributed by atoms with Gasteiger partial charge in [-0.3, -0.25) is 9.59 Å². The number of carbonyl (C=O) groups is 1. The Morgan fingerprint density at radius 3 is 3.00 bits per heavy atom. The summed E-state index contributed by atoms with van der Waals surface area (Å²) in [7, 11) is 1.68. The third kappa shape index (κ3) is 2.77. The summed E-state index contributed by atoms with van der Waals surface area (Å²) in [5, 5.41) is 0.522. The molecule has 1 fully saturated rings. The van der Waals surface area contributed by atoms with Gasteiger partial charge in [-0.15, -0.1) is 0 Å². The molecule has 0 aromatic carbocycles. The molecule has 1 saturated heterocycles. The van der Waals surface area contributed by atoms with E-state index in [1.54, 1.807) is 19.3 Å². The number of aromatic nitrogens is 1. The summed E-state index contributed by atoms with van der Waals surface area (Å²) in [6, 6.07) is 3.14. The molecule has 0 spiro atoms. The maximum absolute atomic E-state index is 12.3. The molecular formula is C13H18N2O2S. The van der Waals surface area contributed by atoms with Crippen LogP contribution in [0.15, 0.2) is 23.1 Å². The maximum Gasteiger partial charge on any atom is 0.254 e. The molecule has 0 N–H and O–H groups in total. The standard InChI is InChI=1S/C13H18N2O2S/c1-3-11-9-15(6-7-18-11)13(17)10-4-5-14(2)12(16)8-10/h4-5,8,11H,3,6-7,9H2,1-2H3. The minimum absolute atomic E-state index is 0.0218. The molecule has 4 nitrogen and oxygen atoms in total. The highest BCUT2D eigenvalue weighted by atomic mass is 32.2. The summed E-state index contributed by atoms with van der Waals surface area (Å²) in [4.78, 5) is 25.7.